The average Bonchev–Trinajstić information content (AvgIpc) is 3.53. The molecule has 2 aromatic heterocycles. The van der Waals surface area contributed by atoms with Crippen LogP contribution in [0.25, 0.3) is 0 Å². The van der Waals surface area contributed by atoms with Gasteiger partial charge in [-0.2, -0.15) is 0 Å². The standard InChI is InChI=1S/C19H19N5O5S/c25-19(20-12-5-2-1-3-6-12)29-15-10-28-16-14(9-27-17(15)16)24-18(21-22-23-24)30-11-13-7-4-8-26-13/h1-8,14-17H,9-11H2,(H,20,25)/t14-,15+,16+,17+/m0/s1. The van der Waals surface area contributed by atoms with E-state index in [-0.39, 0.29) is 24.9 Å². The Labute approximate surface area is 175 Å². The number of amides is 1. The largest absolute Gasteiger partial charge is 0.468 e. The molecule has 1 N–H and O–H groups in total. The van der Waals surface area contributed by atoms with Crippen LogP contribution in [0.5, 0.6) is 0 Å². The fourth-order valence-electron chi connectivity index (χ4n) is 3.58. The number of furan rings is 1. The van der Waals surface area contributed by atoms with Crippen molar-refractivity contribution in [3.63, 3.8) is 0 Å². The van der Waals surface area contributed by atoms with Gasteiger partial charge in [0.2, 0.25) is 5.16 Å². The molecule has 1 amide bonds. The summed E-state index contributed by atoms with van der Waals surface area (Å²) >= 11 is 1.47. The highest BCUT2D eigenvalue weighted by molar-refractivity contribution is 7.98. The normalized spacial score (nSPS) is 25.2. The molecule has 5 rings (SSSR count). The SMILES string of the molecule is O=C(Nc1ccccc1)O[C@@H]1CO[C@H]2[C@@H]1OC[C@@H]2n1nnnc1SCc1ccco1. The van der Waals surface area contributed by atoms with Gasteiger partial charge in [-0.1, -0.05) is 30.0 Å². The summed E-state index contributed by atoms with van der Waals surface area (Å²) in [5.41, 5.74) is 0.662. The number of anilines is 1. The van der Waals surface area contributed by atoms with Gasteiger partial charge in [0.05, 0.1) is 25.2 Å². The number of fused-ring (bicyclic) bond motifs is 1. The van der Waals surface area contributed by atoms with Crippen LogP contribution in [0.1, 0.15) is 11.8 Å². The van der Waals surface area contributed by atoms with Gasteiger partial charge in [0, 0.05) is 5.69 Å². The first kappa shape index (κ1) is 19.1. The van der Waals surface area contributed by atoms with Crippen LogP contribution < -0.4 is 5.32 Å². The Balaban J connectivity index is 1.21. The van der Waals surface area contributed by atoms with E-state index in [2.05, 4.69) is 20.8 Å². The topological polar surface area (TPSA) is 114 Å². The molecule has 0 radical (unpaired) electrons. The number of hydrogen-bond donors (Lipinski definition) is 1. The second-order valence-corrected chi connectivity index (χ2v) is 7.81. The smallest absolute Gasteiger partial charge is 0.412 e. The van der Waals surface area contributed by atoms with Crippen molar-refractivity contribution in [2.75, 3.05) is 18.5 Å². The van der Waals surface area contributed by atoms with Gasteiger partial charge < -0.3 is 18.6 Å². The number of thioether (sulfide) groups is 1. The number of para-hydroxylation sites is 1. The van der Waals surface area contributed by atoms with Gasteiger partial charge in [-0.15, -0.1) is 5.10 Å². The van der Waals surface area contributed by atoms with Crippen molar-refractivity contribution in [2.24, 2.45) is 0 Å². The lowest BCUT2D eigenvalue weighted by Crippen LogP contribution is -2.35. The summed E-state index contributed by atoms with van der Waals surface area (Å²) < 4.78 is 24.4. The molecule has 10 nitrogen and oxygen atoms in total. The van der Waals surface area contributed by atoms with E-state index in [4.69, 9.17) is 18.6 Å². The monoisotopic (exact) mass is 429 g/mol. The maximum Gasteiger partial charge on any atom is 0.412 e. The summed E-state index contributed by atoms with van der Waals surface area (Å²) in [6.07, 6.45) is -0.0805. The number of rotatable bonds is 6. The Morgan fingerprint density at radius 1 is 1.17 bits per heavy atom. The van der Waals surface area contributed by atoms with Crippen LogP contribution in [0.2, 0.25) is 0 Å². The number of ether oxygens (including phenoxy) is 3. The molecule has 2 fully saturated rings. The number of aromatic nitrogens is 4. The van der Waals surface area contributed by atoms with Crippen molar-refractivity contribution >= 4 is 23.5 Å². The van der Waals surface area contributed by atoms with Gasteiger partial charge in [0.15, 0.2) is 6.10 Å². The summed E-state index contributed by atoms with van der Waals surface area (Å²) in [6, 6.07) is 12.7. The van der Waals surface area contributed by atoms with Crippen molar-refractivity contribution in [1.29, 1.82) is 0 Å². The van der Waals surface area contributed by atoms with Gasteiger partial charge in [-0.05, 0) is 34.7 Å². The van der Waals surface area contributed by atoms with Crippen LogP contribution >= 0.6 is 11.8 Å². The third-order valence-corrected chi connectivity index (χ3v) is 5.92. The molecule has 2 saturated heterocycles. The molecule has 3 aromatic rings. The third kappa shape index (κ3) is 3.91. The second kappa shape index (κ2) is 8.46. The Morgan fingerprint density at radius 2 is 2.03 bits per heavy atom. The fraction of sp³-hybridized carbons (Fsp3) is 0.368. The number of tetrazole rings is 1. The lowest BCUT2D eigenvalue weighted by molar-refractivity contribution is 0.00751. The van der Waals surface area contributed by atoms with E-state index in [1.807, 2.05) is 30.3 Å². The molecule has 11 heteroatoms. The zero-order valence-corrected chi connectivity index (χ0v) is 16.6. The van der Waals surface area contributed by atoms with E-state index in [1.165, 1.54) is 11.8 Å². The molecule has 0 bridgehead atoms. The van der Waals surface area contributed by atoms with Gasteiger partial charge in [0.1, 0.15) is 24.0 Å². The van der Waals surface area contributed by atoms with E-state index in [0.29, 0.717) is 23.2 Å². The van der Waals surface area contributed by atoms with E-state index in [9.17, 15) is 4.79 Å². The Bertz CT molecular complexity index is 982. The molecule has 0 spiro atoms. The van der Waals surface area contributed by atoms with Crippen LogP contribution in [0.4, 0.5) is 10.5 Å². The van der Waals surface area contributed by atoms with Gasteiger partial charge in [-0.25, -0.2) is 9.48 Å². The highest BCUT2D eigenvalue weighted by atomic mass is 32.2. The Hall–Kier alpha value is -2.89. The molecule has 4 atom stereocenters. The van der Waals surface area contributed by atoms with Crippen LogP contribution in [-0.4, -0.2) is 57.8 Å². The van der Waals surface area contributed by atoms with Crippen molar-refractivity contribution in [3.05, 3.63) is 54.5 Å². The minimum absolute atomic E-state index is 0.199. The Morgan fingerprint density at radius 3 is 2.87 bits per heavy atom. The van der Waals surface area contributed by atoms with Crippen LogP contribution in [0.15, 0.2) is 58.3 Å². The second-order valence-electron chi connectivity index (χ2n) is 6.87. The molecule has 1 aromatic carbocycles. The number of benzene rings is 1. The molecule has 0 aliphatic carbocycles. The number of nitrogens with zero attached hydrogens (tertiary/aromatic N) is 4. The summed E-state index contributed by atoms with van der Waals surface area (Å²) in [7, 11) is 0. The minimum atomic E-state index is -0.542. The fourth-order valence-corrected chi connectivity index (χ4v) is 4.41. The molecule has 156 valence electrons. The number of nitrogens with one attached hydrogen (secondary N) is 1. The van der Waals surface area contributed by atoms with Gasteiger partial charge in [-0.3, -0.25) is 5.32 Å². The lowest BCUT2D eigenvalue weighted by Gasteiger charge is -2.17. The minimum Gasteiger partial charge on any atom is -0.468 e. The average molecular weight is 429 g/mol. The first-order chi connectivity index (χ1) is 14.8. The van der Waals surface area contributed by atoms with Crippen molar-refractivity contribution in [2.45, 2.75) is 35.3 Å². The molecule has 30 heavy (non-hydrogen) atoms. The number of carbonyl (C=O) groups excluding carboxylic acids is 1. The molecular formula is C19H19N5O5S. The maximum atomic E-state index is 12.2. The number of hydrogen-bond acceptors (Lipinski definition) is 9. The van der Waals surface area contributed by atoms with Crippen molar-refractivity contribution in [3.8, 4) is 0 Å². The van der Waals surface area contributed by atoms with E-state index in [1.54, 1.807) is 23.1 Å². The van der Waals surface area contributed by atoms with Crippen LogP contribution in [0, 0.1) is 0 Å². The molecule has 2 aliphatic rings. The molecule has 0 saturated carbocycles. The molecular weight excluding hydrogens is 410 g/mol. The highest BCUT2D eigenvalue weighted by Crippen LogP contribution is 2.37. The highest BCUT2D eigenvalue weighted by Gasteiger charge is 2.51. The summed E-state index contributed by atoms with van der Waals surface area (Å²) in [5.74, 6) is 1.45. The maximum absolute atomic E-state index is 12.2. The van der Waals surface area contributed by atoms with E-state index in [0.717, 1.165) is 5.76 Å². The summed E-state index contributed by atoms with van der Waals surface area (Å²) in [6.45, 7) is 0.625. The summed E-state index contributed by atoms with van der Waals surface area (Å²) in [4.78, 5) is 12.2. The number of carbonyl (C=O) groups is 1. The van der Waals surface area contributed by atoms with E-state index >= 15 is 0 Å². The first-order valence-electron chi connectivity index (χ1n) is 9.47. The summed E-state index contributed by atoms with van der Waals surface area (Å²) in [5, 5.41) is 15.4. The predicted molar refractivity (Wildman–Crippen MR) is 105 cm³/mol. The molecule has 0 unspecified atom stereocenters. The van der Waals surface area contributed by atoms with Crippen LogP contribution in [-0.2, 0) is 20.0 Å². The van der Waals surface area contributed by atoms with E-state index < -0.39 is 12.2 Å². The van der Waals surface area contributed by atoms with Crippen molar-refractivity contribution in [1.82, 2.24) is 20.2 Å². The predicted octanol–water partition coefficient (Wildman–Crippen LogP) is 2.51. The van der Waals surface area contributed by atoms with Gasteiger partial charge in [0.25, 0.3) is 0 Å². The zero-order chi connectivity index (χ0) is 20.3. The third-order valence-electron chi connectivity index (χ3n) is 4.96. The first-order valence-corrected chi connectivity index (χ1v) is 10.5. The lowest BCUT2D eigenvalue weighted by atomic mass is 10.1. The van der Waals surface area contributed by atoms with Crippen molar-refractivity contribution < 1.29 is 23.4 Å². The Kier molecular flexibility index (Phi) is 5.39. The zero-order valence-electron chi connectivity index (χ0n) is 15.8. The van der Waals surface area contributed by atoms with Crippen LogP contribution in [0.3, 0.4) is 0 Å². The quantitative estimate of drug-likeness (QED) is 0.590. The molecule has 4 heterocycles. The van der Waals surface area contributed by atoms with Gasteiger partial charge >= 0.3 is 6.09 Å². The molecule has 2 aliphatic heterocycles.